The summed E-state index contributed by atoms with van der Waals surface area (Å²) in [5.41, 5.74) is 1.72. The number of piperazine rings is 1. The van der Waals surface area contributed by atoms with Crippen molar-refractivity contribution in [1.82, 2.24) is 9.80 Å². The van der Waals surface area contributed by atoms with E-state index in [1.807, 2.05) is 29.2 Å². The van der Waals surface area contributed by atoms with Crippen molar-refractivity contribution < 1.29 is 33.3 Å². The summed E-state index contributed by atoms with van der Waals surface area (Å²) >= 11 is 0. The molecule has 3 amide bonds. The molecule has 1 N–H and O–H groups in total. The van der Waals surface area contributed by atoms with E-state index in [-0.39, 0.29) is 11.8 Å². The summed E-state index contributed by atoms with van der Waals surface area (Å²) in [7, 11) is 8.26. The van der Waals surface area contributed by atoms with Gasteiger partial charge in [-0.3, -0.25) is 14.4 Å². The Balaban J connectivity index is 1.35. The predicted octanol–water partition coefficient (Wildman–Crippen LogP) is 5.20. The van der Waals surface area contributed by atoms with Crippen molar-refractivity contribution in [2.75, 3.05) is 78.4 Å². The van der Waals surface area contributed by atoms with E-state index in [0.29, 0.717) is 64.4 Å². The van der Waals surface area contributed by atoms with E-state index >= 15 is 0 Å². The Labute approximate surface area is 277 Å². The Bertz CT molecular complexity index is 1540. The number of carbonyl (C=O) groups excluding carboxylic acids is 3. The molecule has 1 saturated heterocycles. The van der Waals surface area contributed by atoms with E-state index in [4.69, 9.17) is 18.9 Å². The molecular formula is C36H46N4O7. The molecule has 0 radical (unpaired) electrons. The fourth-order valence-corrected chi connectivity index (χ4v) is 5.36. The molecule has 0 spiro atoms. The molecule has 0 bridgehead atoms. The zero-order valence-electron chi connectivity index (χ0n) is 28.2. The molecule has 3 aromatic rings. The van der Waals surface area contributed by atoms with Crippen LogP contribution < -0.4 is 29.2 Å². The molecule has 1 aliphatic heterocycles. The Morgan fingerprint density at radius 1 is 0.851 bits per heavy atom. The predicted molar refractivity (Wildman–Crippen MR) is 182 cm³/mol. The number of anilines is 2. The maximum absolute atomic E-state index is 13.6. The maximum atomic E-state index is 13.6. The summed E-state index contributed by atoms with van der Waals surface area (Å²) in [6.07, 6.45) is 2.13. The smallest absolute Gasteiger partial charge is 0.259 e. The number of rotatable bonds is 14. The molecule has 11 nitrogen and oxygen atoms in total. The molecule has 0 aliphatic carbocycles. The zero-order chi connectivity index (χ0) is 33.9. The molecule has 1 unspecified atom stereocenters. The molecule has 47 heavy (non-hydrogen) atoms. The van der Waals surface area contributed by atoms with Gasteiger partial charge < -0.3 is 39.0 Å². The monoisotopic (exact) mass is 646 g/mol. The molecule has 11 heteroatoms. The first-order valence-corrected chi connectivity index (χ1v) is 15.8. The maximum Gasteiger partial charge on any atom is 0.259 e. The van der Waals surface area contributed by atoms with E-state index in [1.165, 1.54) is 26.2 Å². The van der Waals surface area contributed by atoms with E-state index in [9.17, 15) is 14.4 Å². The van der Waals surface area contributed by atoms with Gasteiger partial charge >= 0.3 is 0 Å². The number of nitrogens with zero attached hydrogens (tertiary/aromatic N) is 3. The van der Waals surface area contributed by atoms with Gasteiger partial charge in [0.1, 0.15) is 23.0 Å². The van der Waals surface area contributed by atoms with Crippen LogP contribution in [0, 0.1) is 5.92 Å². The molecule has 1 aliphatic rings. The van der Waals surface area contributed by atoms with Gasteiger partial charge in [-0.2, -0.15) is 0 Å². The first-order chi connectivity index (χ1) is 22.6. The van der Waals surface area contributed by atoms with Crippen LogP contribution in [0.15, 0.2) is 60.7 Å². The van der Waals surface area contributed by atoms with Crippen LogP contribution >= 0.6 is 0 Å². The van der Waals surface area contributed by atoms with Gasteiger partial charge in [-0.15, -0.1) is 0 Å². The number of methoxy groups -OCH3 is 3. The van der Waals surface area contributed by atoms with E-state index in [0.717, 1.165) is 39.0 Å². The van der Waals surface area contributed by atoms with Crippen molar-refractivity contribution >= 4 is 29.1 Å². The average molecular weight is 647 g/mol. The van der Waals surface area contributed by atoms with Gasteiger partial charge in [0.05, 0.1) is 44.9 Å². The first-order valence-electron chi connectivity index (χ1n) is 15.8. The lowest BCUT2D eigenvalue weighted by atomic mass is 10.0. The number of para-hydroxylation sites is 2. The van der Waals surface area contributed by atoms with Gasteiger partial charge in [-0.25, -0.2) is 0 Å². The fourth-order valence-electron chi connectivity index (χ4n) is 5.36. The highest BCUT2D eigenvalue weighted by Crippen LogP contribution is 2.32. The summed E-state index contributed by atoms with van der Waals surface area (Å²) in [6.45, 7) is 6.03. The molecule has 0 aromatic heterocycles. The highest BCUT2D eigenvalue weighted by atomic mass is 16.5. The third kappa shape index (κ3) is 9.16. The van der Waals surface area contributed by atoms with Crippen LogP contribution in [0.4, 0.5) is 11.4 Å². The number of benzene rings is 3. The molecule has 1 fully saturated rings. The molecule has 4 rings (SSSR count). The van der Waals surface area contributed by atoms with E-state index in [2.05, 4.69) is 24.2 Å². The zero-order valence-corrected chi connectivity index (χ0v) is 28.2. The van der Waals surface area contributed by atoms with Gasteiger partial charge in [0.2, 0.25) is 5.91 Å². The summed E-state index contributed by atoms with van der Waals surface area (Å²) in [4.78, 5) is 45.0. The number of hydrogen-bond acceptors (Lipinski definition) is 8. The Morgan fingerprint density at radius 3 is 2.28 bits per heavy atom. The minimum atomic E-state index is -0.402. The van der Waals surface area contributed by atoms with Crippen LogP contribution in [-0.2, 0) is 4.79 Å². The van der Waals surface area contributed by atoms with Gasteiger partial charge in [0.25, 0.3) is 11.8 Å². The Hall–Kier alpha value is -4.77. The van der Waals surface area contributed by atoms with Gasteiger partial charge in [-0.1, -0.05) is 19.1 Å². The van der Waals surface area contributed by atoms with Crippen LogP contribution in [0.1, 0.15) is 46.9 Å². The van der Waals surface area contributed by atoms with Crippen molar-refractivity contribution in [3.05, 3.63) is 71.8 Å². The number of likely N-dealkylation sites (N-methyl/N-ethyl adjacent to an activating group) is 1. The number of ether oxygens (including phenoxy) is 4. The first kappa shape index (κ1) is 35.1. The number of amides is 3. The van der Waals surface area contributed by atoms with Crippen molar-refractivity contribution in [1.29, 1.82) is 0 Å². The van der Waals surface area contributed by atoms with E-state index in [1.54, 1.807) is 43.4 Å². The summed E-state index contributed by atoms with van der Waals surface area (Å²) in [5, 5.41) is 2.84. The highest BCUT2D eigenvalue weighted by molar-refractivity contribution is 6.09. The summed E-state index contributed by atoms with van der Waals surface area (Å²) in [6, 6.07) is 17.2. The van der Waals surface area contributed by atoms with Gasteiger partial charge in [0, 0.05) is 51.3 Å². The normalized spacial score (nSPS) is 13.8. The number of nitrogens with one attached hydrogen (secondary N) is 1. The van der Waals surface area contributed by atoms with E-state index < -0.39 is 5.91 Å². The van der Waals surface area contributed by atoms with Crippen LogP contribution in [0.25, 0.3) is 0 Å². The molecule has 1 atom stereocenters. The second-order valence-corrected chi connectivity index (χ2v) is 11.7. The molecule has 1 heterocycles. The molecule has 0 saturated carbocycles. The topological polar surface area (TPSA) is 110 Å². The van der Waals surface area contributed by atoms with Crippen LogP contribution in [0.2, 0.25) is 0 Å². The second-order valence-electron chi connectivity index (χ2n) is 11.7. The Morgan fingerprint density at radius 2 is 1.57 bits per heavy atom. The minimum Gasteiger partial charge on any atom is -0.497 e. The van der Waals surface area contributed by atoms with Gasteiger partial charge in [-0.05, 0) is 68.3 Å². The third-order valence-corrected chi connectivity index (χ3v) is 8.46. The highest BCUT2D eigenvalue weighted by Gasteiger charge is 2.22. The lowest BCUT2D eigenvalue weighted by Gasteiger charge is -2.32. The van der Waals surface area contributed by atoms with Crippen molar-refractivity contribution in [2.24, 2.45) is 5.92 Å². The molecule has 3 aromatic carbocycles. The number of hydrogen-bond donors (Lipinski definition) is 1. The van der Waals surface area contributed by atoms with Crippen molar-refractivity contribution in [3.63, 3.8) is 0 Å². The second kappa shape index (κ2) is 16.7. The molecular weight excluding hydrogens is 600 g/mol. The quantitative estimate of drug-likeness (QED) is 0.255. The number of carbonyl (C=O) groups is 3. The lowest BCUT2D eigenvalue weighted by Crippen LogP contribution is -2.47. The summed E-state index contributed by atoms with van der Waals surface area (Å²) < 4.78 is 22.3. The SMILES string of the molecule is COc1ccc(C(=O)Nc2ccc(C(=O)N(C)c3ccccc3OCCC(C)CCC(=O)N3CCN(C)CC3)cc2OC)c(OC)c1. The van der Waals surface area contributed by atoms with Gasteiger partial charge in [0.15, 0.2) is 0 Å². The third-order valence-electron chi connectivity index (χ3n) is 8.46. The van der Waals surface area contributed by atoms with Crippen LogP contribution in [-0.4, -0.2) is 95.7 Å². The fraction of sp³-hybridized carbons (Fsp3) is 0.417. The minimum absolute atomic E-state index is 0.223. The van der Waals surface area contributed by atoms with Crippen LogP contribution in [0.5, 0.6) is 23.0 Å². The van der Waals surface area contributed by atoms with Crippen molar-refractivity contribution in [2.45, 2.75) is 26.2 Å². The van der Waals surface area contributed by atoms with Crippen LogP contribution in [0.3, 0.4) is 0 Å². The summed E-state index contributed by atoms with van der Waals surface area (Å²) in [5.74, 6) is 1.71. The molecule has 252 valence electrons. The lowest BCUT2D eigenvalue weighted by molar-refractivity contribution is -0.133. The van der Waals surface area contributed by atoms with Crippen molar-refractivity contribution in [3.8, 4) is 23.0 Å². The Kier molecular flexibility index (Phi) is 12.5. The standard InChI is InChI=1S/C36H46N4O7/c1-25(11-16-34(41)40-20-18-38(2)19-21-40)17-22-47-31-10-8-7-9-30(31)39(3)36(43)26-12-15-29(33(23-26)46-6)37-35(42)28-14-13-27(44-4)24-32(28)45-5/h7-10,12-15,23-25H,11,16-22H2,1-6H3,(H,37,42). The largest absolute Gasteiger partial charge is 0.497 e. The average Bonchev–Trinajstić information content (AvgIpc) is 3.10.